The zero-order valence-corrected chi connectivity index (χ0v) is 13.5. The average molecular weight is 311 g/mol. The van der Waals surface area contributed by atoms with E-state index in [1.54, 1.807) is 24.3 Å². The van der Waals surface area contributed by atoms with E-state index in [0.29, 0.717) is 17.0 Å². The van der Waals surface area contributed by atoms with Crippen molar-refractivity contribution < 1.29 is 9.53 Å². The quantitative estimate of drug-likeness (QED) is 0.506. The fourth-order valence-corrected chi connectivity index (χ4v) is 1.95. The largest absolute Gasteiger partial charge is 0.491 e. The van der Waals surface area contributed by atoms with E-state index in [0.717, 1.165) is 11.3 Å². The van der Waals surface area contributed by atoms with Crippen LogP contribution in [0.3, 0.4) is 0 Å². The molecular weight excluding hydrogens is 290 g/mol. The Hall–Kier alpha value is -2.82. The van der Waals surface area contributed by atoms with E-state index in [-0.39, 0.29) is 12.0 Å². The van der Waals surface area contributed by atoms with Crippen LogP contribution in [0.5, 0.6) is 5.75 Å². The van der Waals surface area contributed by atoms with Crippen LogP contribution in [-0.2, 0) is 0 Å². The predicted octanol–water partition coefficient (Wildman–Crippen LogP) is 3.21. The van der Waals surface area contributed by atoms with Crippen molar-refractivity contribution in [2.24, 2.45) is 5.10 Å². The number of carbonyl (C=O) groups is 1. The van der Waals surface area contributed by atoms with Crippen LogP contribution >= 0.6 is 0 Å². The van der Waals surface area contributed by atoms with Crippen molar-refractivity contribution in [3.05, 3.63) is 59.7 Å². The molecule has 0 radical (unpaired) electrons. The fraction of sp³-hybridized carbons (Fsp3) is 0.222. The lowest BCUT2D eigenvalue weighted by Gasteiger charge is -2.10. The molecule has 1 amide bonds. The van der Waals surface area contributed by atoms with Crippen LogP contribution in [0.4, 0.5) is 5.69 Å². The number of rotatable bonds is 5. The van der Waals surface area contributed by atoms with Crippen molar-refractivity contribution in [1.29, 1.82) is 0 Å². The van der Waals surface area contributed by atoms with Crippen LogP contribution in [0, 0.1) is 0 Å². The number of hydrogen-bond acceptors (Lipinski definition) is 4. The molecule has 0 atom stereocenters. The van der Waals surface area contributed by atoms with Crippen molar-refractivity contribution in [3.63, 3.8) is 0 Å². The number of benzene rings is 2. The van der Waals surface area contributed by atoms with E-state index < -0.39 is 0 Å². The number of amides is 1. The first-order valence-electron chi connectivity index (χ1n) is 7.43. The van der Waals surface area contributed by atoms with Crippen LogP contribution < -0.4 is 15.9 Å². The van der Waals surface area contributed by atoms with Crippen LogP contribution in [0.2, 0.25) is 0 Å². The van der Waals surface area contributed by atoms with Gasteiger partial charge in [0.2, 0.25) is 0 Å². The molecule has 5 nitrogen and oxygen atoms in total. The molecule has 0 spiro atoms. The minimum Gasteiger partial charge on any atom is -0.491 e. The third kappa shape index (κ3) is 4.85. The van der Waals surface area contributed by atoms with Crippen molar-refractivity contribution in [3.8, 4) is 5.75 Å². The lowest BCUT2D eigenvalue weighted by molar-refractivity contribution is 0.0955. The van der Waals surface area contributed by atoms with Crippen LogP contribution in [0.25, 0.3) is 0 Å². The summed E-state index contributed by atoms with van der Waals surface area (Å²) in [5, 5.41) is 4.13. The second kappa shape index (κ2) is 7.45. The van der Waals surface area contributed by atoms with Crippen LogP contribution in [0.1, 0.15) is 36.7 Å². The van der Waals surface area contributed by atoms with Gasteiger partial charge < -0.3 is 10.5 Å². The van der Waals surface area contributed by atoms with E-state index in [9.17, 15) is 4.79 Å². The lowest BCUT2D eigenvalue weighted by atomic mass is 10.1. The minimum absolute atomic E-state index is 0.134. The number of carbonyl (C=O) groups excluding carboxylic acids is 1. The molecule has 0 saturated heterocycles. The number of nitrogens with zero attached hydrogens (tertiary/aromatic N) is 1. The molecular formula is C18H21N3O2. The Morgan fingerprint density at radius 2 is 1.61 bits per heavy atom. The molecule has 0 fully saturated rings. The van der Waals surface area contributed by atoms with Gasteiger partial charge in [0.1, 0.15) is 5.75 Å². The van der Waals surface area contributed by atoms with Crippen LogP contribution in [-0.4, -0.2) is 17.7 Å². The molecule has 2 aromatic rings. The lowest BCUT2D eigenvalue weighted by Crippen LogP contribution is -2.19. The third-order valence-corrected chi connectivity index (χ3v) is 3.14. The summed E-state index contributed by atoms with van der Waals surface area (Å²) < 4.78 is 5.59. The topological polar surface area (TPSA) is 76.7 Å². The molecule has 0 unspecified atom stereocenters. The molecule has 0 heterocycles. The molecule has 0 bridgehead atoms. The summed E-state index contributed by atoms with van der Waals surface area (Å²) in [5.41, 5.74) is 10.9. The zero-order chi connectivity index (χ0) is 16.8. The number of anilines is 1. The van der Waals surface area contributed by atoms with Gasteiger partial charge in [0.05, 0.1) is 11.8 Å². The van der Waals surface area contributed by atoms with Crippen LogP contribution in [0.15, 0.2) is 53.6 Å². The number of hydrazone groups is 1. The maximum absolute atomic E-state index is 12.0. The molecule has 0 aliphatic rings. The van der Waals surface area contributed by atoms with Gasteiger partial charge in [-0.05, 0) is 74.9 Å². The van der Waals surface area contributed by atoms with E-state index in [2.05, 4.69) is 10.5 Å². The van der Waals surface area contributed by atoms with Crippen molar-refractivity contribution >= 4 is 17.3 Å². The highest BCUT2D eigenvalue weighted by molar-refractivity contribution is 6.01. The highest BCUT2D eigenvalue weighted by atomic mass is 16.5. The number of hydrogen-bond donors (Lipinski definition) is 2. The van der Waals surface area contributed by atoms with Crippen molar-refractivity contribution in [1.82, 2.24) is 5.43 Å². The number of nitrogen functional groups attached to an aromatic ring is 1. The van der Waals surface area contributed by atoms with Gasteiger partial charge in [0.15, 0.2) is 0 Å². The summed E-state index contributed by atoms with van der Waals surface area (Å²) in [6, 6.07) is 14.3. The predicted molar refractivity (Wildman–Crippen MR) is 92.7 cm³/mol. The van der Waals surface area contributed by atoms with Gasteiger partial charge in [0, 0.05) is 11.3 Å². The second-order valence-electron chi connectivity index (χ2n) is 5.45. The number of nitrogens with one attached hydrogen (secondary N) is 1. The average Bonchev–Trinajstić information content (AvgIpc) is 2.53. The van der Waals surface area contributed by atoms with Gasteiger partial charge in [0.25, 0.3) is 5.91 Å². The van der Waals surface area contributed by atoms with Crippen molar-refractivity contribution in [2.75, 3.05) is 5.73 Å². The van der Waals surface area contributed by atoms with Crippen molar-refractivity contribution in [2.45, 2.75) is 26.9 Å². The summed E-state index contributed by atoms with van der Waals surface area (Å²) in [6.07, 6.45) is 0.134. The minimum atomic E-state index is -0.274. The smallest absolute Gasteiger partial charge is 0.271 e. The monoisotopic (exact) mass is 311 g/mol. The van der Waals surface area contributed by atoms with E-state index >= 15 is 0 Å². The van der Waals surface area contributed by atoms with E-state index in [1.165, 1.54) is 0 Å². The van der Waals surface area contributed by atoms with Gasteiger partial charge in [-0.1, -0.05) is 0 Å². The molecule has 23 heavy (non-hydrogen) atoms. The SMILES string of the molecule is C/C(=N/NC(=O)c1ccc(N)cc1)c1ccc(OC(C)C)cc1. The Kier molecular flexibility index (Phi) is 5.36. The maximum Gasteiger partial charge on any atom is 0.271 e. The van der Waals surface area contributed by atoms with E-state index in [1.807, 2.05) is 45.0 Å². The molecule has 0 aliphatic carbocycles. The first-order valence-corrected chi connectivity index (χ1v) is 7.43. The maximum atomic E-state index is 12.0. The normalized spacial score (nSPS) is 11.4. The molecule has 0 saturated carbocycles. The summed E-state index contributed by atoms with van der Waals surface area (Å²) in [7, 11) is 0. The zero-order valence-electron chi connectivity index (χ0n) is 13.5. The second-order valence-corrected chi connectivity index (χ2v) is 5.45. The van der Waals surface area contributed by atoms with Gasteiger partial charge in [-0.3, -0.25) is 4.79 Å². The highest BCUT2D eigenvalue weighted by Gasteiger charge is 2.05. The summed E-state index contributed by atoms with van der Waals surface area (Å²) in [5.74, 6) is 0.534. The summed E-state index contributed by atoms with van der Waals surface area (Å²) in [6.45, 7) is 5.79. The molecule has 0 aliphatic heterocycles. The van der Waals surface area contributed by atoms with Gasteiger partial charge in [-0.25, -0.2) is 5.43 Å². The molecule has 120 valence electrons. The summed E-state index contributed by atoms with van der Waals surface area (Å²) >= 11 is 0. The Morgan fingerprint density at radius 1 is 1.04 bits per heavy atom. The van der Waals surface area contributed by atoms with Gasteiger partial charge in [-0.2, -0.15) is 5.10 Å². The number of nitrogens with two attached hydrogens (primary N) is 1. The third-order valence-electron chi connectivity index (χ3n) is 3.14. The fourth-order valence-electron chi connectivity index (χ4n) is 1.95. The molecule has 2 rings (SSSR count). The Labute approximate surface area is 136 Å². The first-order chi connectivity index (χ1) is 11.0. The standard InChI is InChI=1S/C18H21N3O2/c1-12(2)23-17-10-6-14(7-11-17)13(3)20-21-18(22)15-4-8-16(19)9-5-15/h4-12H,19H2,1-3H3,(H,21,22)/b20-13-. The Morgan fingerprint density at radius 3 is 2.17 bits per heavy atom. The molecule has 2 aromatic carbocycles. The Bertz CT molecular complexity index is 689. The first kappa shape index (κ1) is 16.5. The molecule has 3 N–H and O–H groups in total. The Balaban J connectivity index is 2.01. The number of ether oxygens (including phenoxy) is 1. The van der Waals surface area contributed by atoms with Gasteiger partial charge >= 0.3 is 0 Å². The molecule has 5 heteroatoms. The van der Waals surface area contributed by atoms with Gasteiger partial charge in [-0.15, -0.1) is 0 Å². The summed E-state index contributed by atoms with van der Waals surface area (Å²) in [4.78, 5) is 12.0. The highest BCUT2D eigenvalue weighted by Crippen LogP contribution is 2.14. The van der Waals surface area contributed by atoms with E-state index in [4.69, 9.17) is 10.5 Å². The molecule has 0 aromatic heterocycles.